The van der Waals surface area contributed by atoms with Crippen molar-refractivity contribution in [3.63, 3.8) is 0 Å². The maximum absolute atomic E-state index is 3.46. The van der Waals surface area contributed by atoms with Crippen molar-refractivity contribution in [1.29, 1.82) is 0 Å². The summed E-state index contributed by atoms with van der Waals surface area (Å²) < 4.78 is 0. The third-order valence-electron chi connectivity index (χ3n) is 4.20. The monoisotopic (exact) mass is 210 g/mol. The molecule has 0 bridgehead atoms. The minimum Gasteiger partial charge on any atom is -0.317 e. The average Bonchev–Trinajstić information content (AvgIpc) is 2.46. The van der Waals surface area contributed by atoms with Crippen molar-refractivity contribution in [3.05, 3.63) is 0 Å². The Hall–Kier alpha value is -0.0800. The van der Waals surface area contributed by atoms with Gasteiger partial charge in [0.1, 0.15) is 0 Å². The van der Waals surface area contributed by atoms with E-state index in [0.717, 1.165) is 11.8 Å². The minimum absolute atomic E-state index is 1.03. The number of hydrogen-bond donors (Lipinski definition) is 1. The molecule has 1 N–H and O–H groups in total. The summed E-state index contributed by atoms with van der Waals surface area (Å²) in [6.07, 6.45) is 8.70. The second-order valence-electron chi connectivity index (χ2n) is 5.53. The van der Waals surface area contributed by atoms with Gasteiger partial charge in [0.15, 0.2) is 0 Å². The molecule has 2 nitrogen and oxygen atoms in total. The Morgan fingerprint density at radius 1 is 1.00 bits per heavy atom. The molecule has 0 aliphatic carbocycles. The average molecular weight is 210 g/mol. The van der Waals surface area contributed by atoms with E-state index in [1.54, 1.807) is 0 Å². The van der Waals surface area contributed by atoms with Gasteiger partial charge in [0.05, 0.1) is 0 Å². The molecule has 2 aliphatic heterocycles. The number of nitrogens with one attached hydrogen (secondary N) is 1. The normalized spacial score (nSPS) is 31.4. The van der Waals surface area contributed by atoms with Gasteiger partial charge in [0.2, 0.25) is 0 Å². The quantitative estimate of drug-likeness (QED) is 0.751. The lowest BCUT2D eigenvalue weighted by Crippen LogP contribution is -2.29. The van der Waals surface area contributed by atoms with Gasteiger partial charge in [-0.15, -0.1) is 0 Å². The van der Waals surface area contributed by atoms with Crippen molar-refractivity contribution in [3.8, 4) is 0 Å². The molecule has 0 saturated carbocycles. The highest BCUT2D eigenvalue weighted by atomic mass is 15.1. The molecule has 2 fully saturated rings. The summed E-state index contributed by atoms with van der Waals surface area (Å²) in [7, 11) is 2.27. The zero-order valence-corrected chi connectivity index (χ0v) is 10.2. The molecule has 1 atom stereocenters. The molecular weight excluding hydrogens is 184 g/mol. The SMILES string of the molecule is CN1CCCC(CC2CCNCC2)CC1. The molecule has 0 amide bonds. The summed E-state index contributed by atoms with van der Waals surface area (Å²) in [5.74, 6) is 2.05. The highest BCUT2D eigenvalue weighted by Gasteiger charge is 2.20. The van der Waals surface area contributed by atoms with Crippen LogP contribution in [0.1, 0.15) is 38.5 Å². The van der Waals surface area contributed by atoms with Crippen LogP contribution in [-0.4, -0.2) is 38.1 Å². The van der Waals surface area contributed by atoms with Crippen molar-refractivity contribution in [1.82, 2.24) is 10.2 Å². The summed E-state index contributed by atoms with van der Waals surface area (Å²) in [5, 5.41) is 3.46. The maximum Gasteiger partial charge on any atom is -0.00191 e. The molecule has 0 aromatic heterocycles. The maximum atomic E-state index is 3.46. The molecule has 88 valence electrons. The molecule has 1 unspecified atom stereocenters. The van der Waals surface area contributed by atoms with E-state index in [2.05, 4.69) is 17.3 Å². The van der Waals surface area contributed by atoms with Crippen LogP contribution in [0.4, 0.5) is 0 Å². The smallest absolute Gasteiger partial charge is 0.00191 e. The van der Waals surface area contributed by atoms with E-state index >= 15 is 0 Å². The summed E-state index contributed by atoms with van der Waals surface area (Å²) in [6.45, 7) is 5.17. The van der Waals surface area contributed by atoms with Gasteiger partial charge in [-0.25, -0.2) is 0 Å². The van der Waals surface area contributed by atoms with Crippen LogP contribution in [0.5, 0.6) is 0 Å². The third kappa shape index (κ3) is 3.76. The fourth-order valence-corrected chi connectivity index (χ4v) is 3.13. The van der Waals surface area contributed by atoms with E-state index in [-0.39, 0.29) is 0 Å². The van der Waals surface area contributed by atoms with Crippen LogP contribution in [-0.2, 0) is 0 Å². The van der Waals surface area contributed by atoms with Gasteiger partial charge in [-0.1, -0.05) is 0 Å². The number of likely N-dealkylation sites (tertiary alicyclic amines) is 1. The van der Waals surface area contributed by atoms with Crippen LogP contribution in [0.2, 0.25) is 0 Å². The van der Waals surface area contributed by atoms with Crippen LogP contribution in [0, 0.1) is 11.8 Å². The molecule has 0 aromatic rings. The predicted octanol–water partition coefficient (Wildman–Crippen LogP) is 2.11. The zero-order valence-electron chi connectivity index (χ0n) is 10.2. The highest BCUT2D eigenvalue weighted by Crippen LogP contribution is 2.27. The van der Waals surface area contributed by atoms with E-state index in [9.17, 15) is 0 Å². The van der Waals surface area contributed by atoms with Crippen molar-refractivity contribution >= 4 is 0 Å². The number of rotatable bonds is 2. The lowest BCUT2D eigenvalue weighted by molar-refractivity contribution is 0.277. The van der Waals surface area contributed by atoms with Crippen molar-refractivity contribution in [2.75, 3.05) is 33.2 Å². The zero-order chi connectivity index (χ0) is 10.5. The van der Waals surface area contributed by atoms with Crippen LogP contribution in [0.25, 0.3) is 0 Å². The Morgan fingerprint density at radius 2 is 1.73 bits per heavy atom. The van der Waals surface area contributed by atoms with Crippen LogP contribution in [0.3, 0.4) is 0 Å². The number of hydrogen-bond acceptors (Lipinski definition) is 2. The van der Waals surface area contributed by atoms with Gasteiger partial charge in [-0.2, -0.15) is 0 Å². The first kappa shape index (κ1) is 11.4. The predicted molar refractivity (Wildman–Crippen MR) is 65.0 cm³/mol. The first-order valence-electron chi connectivity index (χ1n) is 6.74. The molecule has 0 radical (unpaired) electrons. The highest BCUT2D eigenvalue weighted by molar-refractivity contribution is 4.75. The van der Waals surface area contributed by atoms with E-state index in [4.69, 9.17) is 0 Å². The van der Waals surface area contributed by atoms with E-state index in [1.165, 1.54) is 64.7 Å². The minimum atomic E-state index is 1.03. The first-order valence-corrected chi connectivity index (χ1v) is 6.74. The summed E-state index contributed by atoms with van der Waals surface area (Å²) >= 11 is 0. The fourth-order valence-electron chi connectivity index (χ4n) is 3.13. The molecule has 2 saturated heterocycles. The van der Waals surface area contributed by atoms with Gasteiger partial charge in [0.25, 0.3) is 0 Å². The van der Waals surface area contributed by atoms with Crippen LogP contribution < -0.4 is 5.32 Å². The summed E-state index contributed by atoms with van der Waals surface area (Å²) in [5.41, 5.74) is 0. The molecule has 2 aliphatic rings. The second kappa shape index (κ2) is 5.86. The Labute approximate surface area is 94.4 Å². The largest absolute Gasteiger partial charge is 0.317 e. The molecule has 15 heavy (non-hydrogen) atoms. The summed E-state index contributed by atoms with van der Waals surface area (Å²) in [6, 6.07) is 0. The molecular formula is C13H26N2. The third-order valence-corrected chi connectivity index (χ3v) is 4.20. The molecule has 0 aromatic carbocycles. The van der Waals surface area contributed by atoms with Crippen LogP contribution >= 0.6 is 0 Å². The number of piperidine rings is 1. The van der Waals surface area contributed by atoms with Crippen molar-refractivity contribution in [2.24, 2.45) is 11.8 Å². The second-order valence-corrected chi connectivity index (χ2v) is 5.53. The summed E-state index contributed by atoms with van der Waals surface area (Å²) in [4.78, 5) is 2.50. The van der Waals surface area contributed by atoms with E-state index in [0.29, 0.717) is 0 Å². The molecule has 2 heterocycles. The van der Waals surface area contributed by atoms with E-state index in [1.807, 2.05) is 0 Å². The van der Waals surface area contributed by atoms with Gasteiger partial charge in [-0.3, -0.25) is 0 Å². The molecule has 2 rings (SSSR count). The standard InChI is InChI=1S/C13H26N2/c1-15-9-2-3-12(6-10-15)11-13-4-7-14-8-5-13/h12-14H,2-11H2,1H3. The van der Waals surface area contributed by atoms with Gasteiger partial charge < -0.3 is 10.2 Å². The Bertz CT molecular complexity index is 175. The van der Waals surface area contributed by atoms with Crippen LogP contribution in [0.15, 0.2) is 0 Å². The Morgan fingerprint density at radius 3 is 2.53 bits per heavy atom. The lowest BCUT2D eigenvalue weighted by Gasteiger charge is -2.26. The topological polar surface area (TPSA) is 15.3 Å². The van der Waals surface area contributed by atoms with Gasteiger partial charge in [0, 0.05) is 0 Å². The van der Waals surface area contributed by atoms with E-state index < -0.39 is 0 Å². The molecule has 0 spiro atoms. The first-order chi connectivity index (χ1) is 7.34. The van der Waals surface area contributed by atoms with Crippen molar-refractivity contribution < 1.29 is 0 Å². The Kier molecular flexibility index (Phi) is 4.45. The number of nitrogens with zero attached hydrogens (tertiary/aromatic N) is 1. The molecule has 2 heteroatoms. The Balaban J connectivity index is 1.72. The van der Waals surface area contributed by atoms with Gasteiger partial charge in [-0.05, 0) is 83.6 Å². The van der Waals surface area contributed by atoms with Gasteiger partial charge >= 0.3 is 0 Å². The lowest BCUT2D eigenvalue weighted by atomic mass is 9.84. The van der Waals surface area contributed by atoms with Crippen molar-refractivity contribution in [2.45, 2.75) is 38.5 Å². The fraction of sp³-hybridized carbons (Fsp3) is 1.00.